The second kappa shape index (κ2) is 4.93. The number of rotatable bonds is 4. The molecular formula is C8H7F8NO2. The molecule has 1 amide bonds. The van der Waals surface area contributed by atoms with Crippen LogP contribution in [0, 0.1) is 0 Å². The van der Waals surface area contributed by atoms with E-state index in [1.54, 1.807) is 0 Å². The summed E-state index contributed by atoms with van der Waals surface area (Å²) in [6.45, 7) is 0.329. The Morgan fingerprint density at radius 2 is 1.42 bits per heavy atom. The highest BCUT2D eigenvalue weighted by Crippen LogP contribution is 2.52. The van der Waals surface area contributed by atoms with E-state index >= 15 is 0 Å². The highest BCUT2D eigenvalue weighted by Gasteiger charge is 2.81. The second-order valence-corrected chi connectivity index (χ2v) is 3.31. The van der Waals surface area contributed by atoms with E-state index in [4.69, 9.17) is 0 Å². The minimum Gasteiger partial charge on any atom is -0.377 e. The Morgan fingerprint density at radius 1 is 1.00 bits per heavy atom. The Hall–Kier alpha value is -1.42. The van der Waals surface area contributed by atoms with Gasteiger partial charge in [-0.1, -0.05) is 0 Å². The van der Waals surface area contributed by atoms with Crippen LogP contribution >= 0.6 is 0 Å². The topological polar surface area (TPSA) is 38.7 Å². The molecule has 3 nitrogen and oxygen atoms in total. The van der Waals surface area contributed by atoms with Gasteiger partial charge in [0.2, 0.25) is 0 Å². The van der Waals surface area contributed by atoms with Crippen LogP contribution in [0.25, 0.3) is 0 Å². The highest BCUT2D eigenvalue weighted by atomic mass is 19.4. The van der Waals surface area contributed by atoms with Crippen molar-refractivity contribution < 1.29 is 44.7 Å². The minimum atomic E-state index is -6.63. The summed E-state index contributed by atoms with van der Waals surface area (Å²) in [6.07, 6.45) is -7.95. The molecule has 0 spiro atoms. The van der Waals surface area contributed by atoms with Crippen molar-refractivity contribution in [1.82, 2.24) is 0 Å². The molecule has 0 N–H and O–H groups in total. The Bertz CT molecular complexity index is 373. The predicted molar refractivity (Wildman–Crippen MR) is 46.1 cm³/mol. The van der Waals surface area contributed by atoms with E-state index in [-0.39, 0.29) is 0 Å². The van der Waals surface area contributed by atoms with Gasteiger partial charge in [-0.05, 0) is 6.92 Å². The predicted octanol–water partition coefficient (Wildman–Crippen LogP) is 3.73. The number of ether oxygens (including phenoxy) is 1. The van der Waals surface area contributed by atoms with Crippen LogP contribution in [0.2, 0.25) is 0 Å². The average molecular weight is 301 g/mol. The van der Waals surface area contributed by atoms with Crippen molar-refractivity contribution in [3.8, 4) is 0 Å². The number of carbonyl (C=O) groups is 1. The van der Waals surface area contributed by atoms with Crippen molar-refractivity contribution in [1.29, 1.82) is 0 Å². The van der Waals surface area contributed by atoms with Gasteiger partial charge in [0.05, 0.1) is 0 Å². The van der Waals surface area contributed by atoms with E-state index in [1.165, 1.54) is 0 Å². The summed E-state index contributed by atoms with van der Waals surface area (Å²) in [5.74, 6) is -18.5. The smallest absolute Gasteiger partial charge is 0.377 e. The van der Waals surface area contributed by atoms with Crippen LogP contribution in [0.5, 0.6) is 0 Å². The first-order valence-electron chi connectivity index (χ1n) is 4.43. The molecule has 0 aromatic carbocycles. The molecule has 0 aliphatic heterocycles. The zero-order chi connectivity index (χ0) is 15.7. The van der Waals surface area contributed by atoms with Gasteiger partial charge < -0.3 is 4.74 Å². The van der Waals surface area contributed by atoms with Crippen molar-refractivity contribution in [3.05, 3.63) is 0 Å². The summed E-state index contributed by atoms with van der Waals surface area (Å²) < 4.78 is 103. The lowest BCUT2D eigenvalue weighted by atomic mass is 10.1. The number of hydrogen-bond donors (Lipinski definition) is 0. The number of nitrogens with zero attached hydrogens (tertiary/aromatic N) is 1. The SMILES string of the molecule is CC=NC(=O)OC(F)(F)C(F)(F)C(F)(F)C(C)(F)F. The average Bonchev–Trinajstić information content (AvgIpc) is 2.14. The maximum absolute atomic E-state index is 12.8. The van der Waals surface area contributed by atoms with Crippen LogP contribution in [0.1, 0.15) is 13.8 Å². The quantitative estimate of drug-likeness (QED) is 0.586. The van der Waals surface area contributed by atoms with Gasteiger partial charge in [-0.2, -0.15) is 40.1 Å². The molecule has 0 rings (SSSR count). The summed E-state index contributed by atoms with van der Waals surface area (Å²) in [5, 5.41) is 0. The van der Waals surface area contributed by atoms with Crippen LogP contribution in [-0.2, 0) is 4.74 Å². The number of carbonyl (C=O) groups excluding carboxylic acids is 1. The fraction of sp³-hybridized carbons (Fsp3) is 0.750. The molecule has 0 fully saturated rings. The molecule has 0 atom stereocenters. The third kappa shape index (κ3) is 3.13. The van der Waals surface area contributed by atoms with Gasteiger partial charge >= 0.3 is 30.0 Å². The van der Waals surface area contributed by atoms with E-state index in [9.17, 15) is 39.9 Å². The summed E-state index contributed by atoms with van der Waals surface area (Å²) in [4.78, 5) is 12.9. The second-order valence-electron chi connectivity index (χ2n) is 3.31. The Balaban J connectivity index is 5.45. The first-order valence-corrected chi connectivity index (χ1v) is 4.43. The maximum atomic E-state index is 12.8. The Morgan fingerprint density at radius 3 is 1.74 bits per heavy atom. The fourth-order valence-electron chi connectivity index (χ4n) is 0.764. The Labute approximate surface area is 101 Å². The van der Waals surface area contributed by atoms with Crippen molar-refractivity contribution in [2.75, 3.05) is 0 Å². The molecule has 0 radical (unpaired) electrons. The molecule has 0 aromatic heterocycles. The number of halogens is 8. The lowest BCUT2D eigenvalue weighted by molar-refractivity contribution is -0.411. The third-order valence-corrected chi connectivity index (χ3v) is 1.76. The standard InChI is InChI=1S/C8H7F8NO2/c1-3-17-4(18)19-8(15,16)7(13,14)6(11,12)5(2,9)10/h3H,1-2H3. The van der Waals surface area contributed by atoms with Gasteiger partial charge in [0, 0.05) is 13.1 Å². The van der Waals surface area contributed by atoms with Crippen LogP contribution in [0.15, 0.2) is 4.99 Å². The lowest BCUT2D eigenvalue weighted by Crippen LogP contribution is -2.62. The largest absolute Gasteiger partial charge is 0.474 e. The van der Waals surface area contributed by atoms with E-state index in [2.05, 4.69) is 9.73 Å². The highest BCUT2D eigenvalue weighted by molar-refractivity contribution is 5.78. The third-order valence-electron chi connectivity index (χ3n) is 1.76. The molecule has 0 aromatic rings. The molecule has 0 unspecified atom stereocenters. The molecule has 0 saturated carbocycles. The molecule has 19 heavy (non-hydrogen) atoms. The zero-order valence-corrected chi connectivity index (χ0v) is 9.36. The molecule has 0 heterocycles. The van der Waals surface area contributed by atoms with Gasteiger partial charge in [-0.15, -0.1) is 0 Å². The first-order chi connectivity index (χ1) is 8.20. The van der Waals surface area contributed by atoms with Gasteiger partial charge in [0.1, 0.15) is 0 Å². The number of aliphatic imine (C=N–C) groups is 1. The summed E-state index contributed by atoms with van der Waals surface area (Å²) in [6, 6.07) is 0. The minimum absolute atomic E-state index is 0.545. The fourth-order valence-corrected chi connectivity index (χ4v) is 0.764. The maximum Gasteiger partial charge on any atom is 0.474 e. The Kier molecular flexibility index (Phi) is 4.56. The van der Waals surface area contributed by atoms with E-state index in [0.29, 0.717) is 6.21 Å². The van der Waals surface area contributed by atoms with Crippen LogP contribution in [0.3, 0.4) is 0 Å². The van der Waals surface area contributed by atoms with Gasteiger partial charge in [-0.3, -0.25) is 0 Å². The van der Waals surface area contributed by atoms with E-state index < -0.39 is 36.9 Å². The molecular weight excluding hydrogens is 294 g/mol. The number of amides is 1. The van der Waals surface area contributed by atoms with Crippen molar-refractivity contribution in [2.24, 2.45) is 4.99 Å². The van der Waals surface area contributed by atoms with Crippen molar-refractivity contribution in [3.63, 3.8) is 0 Å². The number of hydrogen-bond acceptors (Lipinski definition) is 2. The molecule has 0 aliphatic carbocycles. The van der Waals surface area contributed by atoms with Gasteiger partial charge in [0.25, 0.3) is 0 Å². The molecule has 11 heteroatoms. The molecule has 0 saturated heterocycles. The molecule has 0 bridgehead atoms. The van der Waals surface area contributed by atoms with Crippen LogP contribution < -0.4 is 0 Å². The summed E-state index contributed by atoms with van der Waals surface area (Å²) in [5.41, 5.74) is 0. The lowest BCUT2D eigenvalue weighted by Gasteiger charge is -2.33. The summed E-state index contributed by atoms with van der Waals surface area (Å²) >= 11 is 0. The summed E-state index contributed by atoms with van der Waals surface area (Å²) in [7, 11) is 0. The van der Waals surface area contributed by atoms with Crippen molar-refractivity contribution >= 4 is 12.3 Å². The molecule has 0 aliphatic rings. The van der Waals surface area contributed by atoms with Crippen molar-refractivity contribution in [2.45, 2.75) is 37.7 Å². The van der Waals surface area contributed by atoms with E-state index in [0.717, 1.165) is 6.92 Å². The zero-order valence-electron chi connectivity index (χ0n) is 9.36. The van der Waals surface area contributed by atoms with E-state index in [1.807, 2.05) is 0 Å². The normalized spacial score (nSPS) is 14.8. The van der Waals surface area contributed by atoms with Gasteiger partial charge in [-0.25, -0.2) is 4.79 Å². The van der Waals surface area contributed by atoms with Crippen LogP contribution in [0.4, 0.5) is 39.9 Å². The molecule has 112 valence electrons. The van der Waals surface area contributed by atoms with Crippen LogP contribution in [-0.4, -0.2) is 36.2 Å². The number of alkyl halides is 8. The van der Waals surface area contributed by atoms with Gasteiger partial charge in [0.15, 0.2) is 0 Å². The first kappa shape index (κ1) is 17.6. The monoisotopic (exact) mass is 301 g/mol.